The quantitative estimate of drug-likeness (QED) is 0.564. The van der Waals surface area contributed by atoms with Gasteiger partial charge in [-0.1, -0.05) is 12.1 Å². The minimum atomic E-state index is -0.264. The van der Waals surface area contributed by atoms with Gasteiger partial charge in [0.2, 0.25) is 0 Å². The van der Waals surface area contributed by atoms with E-state index in [1.807, 2.05) is 6.07 Å². The average Bonchev–Trinajstić information content (AvgIpc) is 3.36. The number of carbonyl (C=O) groups is 1. The molecule has 1 aliphatic heterocycles. The normalized spacial score (nSPS) is 15.4. The lowest BCUT2D eigenvalue weighted by molar-refractivity contribution is 0.0504. The standard InChI is InChI=1S/C25H28N2O6/c1-30-21-9-5-4-8-19(21)25(29)27(15-18-7-6-10-33-18)14-17-11-16-12-22(31-2)23(32-3)13-20(16)26-24(17)28/h4-5,8-9,11-13,18H,6-7,10,14-15H2,1-3H3,(H,26,28)/t18-/m0/s1. The number of fused-ring (bicyclic) bond motifs is 1. The Labute approximate surface area is 192 Å². The Bertz CT molecular complexity index is 1200. The first-order valence-electron chi connectivity index (χ1n) is 10.9. The molecule has 0 spiro atoms. The molecule has 0 unspecified atom stereocenters. The Kier molecular flexibility index (Phi) is 6.84. The van der Waals surface area contributed by atoms with Crippen molar-refractivity contribution < 1.29 is 23.7 Å². The molecule has 1 fully saturated rings. The molecular formula is C25H28N2O6. The second kappa shape index (κ2) is 9.95. The number of hydrogen-bond acceptors (Lipinski definition) is 6. The Morgan fingerprint density at radius 3 is 2.48 bits per heavy atom. The fourth-order valence-electron chi connectivity index (χ4n) is 4.15. The van der Waals surface area contributed by atoms with Gasteiger partial charge in [0, 0.05) is 30.2 Å². The minimum absolute atomic E-state index is 0.0625. The molecule has 33 heavy (non-hydrogen) atoms. The van der Waals surface area contributed by atoms with Crippen LogP contribution in [0.2, 0.25) is 0 Å². The number of methoxy groups -OCH3 is 3. The number of nitrogens with one attached hydrogen (secondary N) is 1. The zero-order valence-corrected chi connectivity index (χ0v) is 19.1. The second-order valence-electron chi connectivity index (χ2n) is 7.94. The highest BCUT2D eigenvalue weighted by atomic mass is 16.5. The van der Waals surface area contributed by atoms with Gasteiger partial charge in [0.05, 0.1) is 45.1 Å². The topological polar surface area (TPSA) is 90.1 Å². The largest absolute Gasteiger partial charge is 0.496 e. The SMILES string of the molecule is COc1cc2cc(CN(C[C@@H]3CCCO3)C(=O)c3ccccc3OC)c(=O)[nH]c2cc1OC. The maximum Gasteiger partial charge on any atom is 0.258 e. The van der Waals surface area contributed by atoms with Crippen molar-refractivity contribution in [3.63, 3.8) is 0 Å². The van der Waals surface area contributed by atoms with Gasteiger partial charge >= 0.3 is 0 Å². The van der Waals surface area contributed by atoms with Crippen molar-refractivity contribution in [3.8, 4) is 17.2 Å². The summed E-state index contributed by atoms with van der Waals surface area (Å²) in [4.78, 5) is 31.0. The first kappa shape index (κ1) is 22.7. The third kappa shape index (κ3) is 4.80. The predicted octanol–water partition coefficient (Wildman–Crippen LogP) is 3.38. The van der Waals surface area contributed by atoms with Gasteiger partial charge in [-0.15, -0.1) is 0 Å². The van der Waals surface area contributed by atoms with Crippen LogP contribution in [0.25, 0.3) is 10.9 Å². The van der Waals surface area contributed by atoms with E-state index in [4.69, 9.17) is 18.9 Å². The molecule has 0 bridgehead atoms. The van der Waals surface area contributed by atoms with Gasteiger partial charge < -0.3 is 28.8 Å². The van der Waals surface area contributed by atoms with E-state index in [2.05, 4.69) is 4.98 Å². The molecule has 8 nitrogen and oxygen atoms in total. The van der Waals surface area contributed by atoms with E-state index >= 15 is 0 Å². The number of pyridine rings is 1. The number of amides is 1. The molecule has 1 N–H and O–H groups in total. The summed E-state index contributed by atoms with van der Waals surface area (Å²) in [6.07, 6.45) is 1.77. The fraction of sp³-hybridized carbons (Fsp3) is 0.360. The average molecular weight is 453 g/mol. The summed E-state index contributed by atoms with van der Waals surface area (Å²) >= 11 is 0. The van der Waals surface area contributed by atoms with Crippen molar-refractivity contribution in [1.82, 2.24) is 9.88 Å². The molecule has 4 rings (SSSR count). The predicted molar refractivity (Wildman–Crippen MR) is 124 cm³/mol. The number of hydrogen-bond donors (Lipinski definition) is 1. The van der Waals surface area contributed by atoms with Gasteiger partial charge in [0.25, 0.3) is 11.5 Å². The van der Waals surface area contributed by atoms with Crippen molar-refractivity contribution in [2.75, 3.05) is 34.5 Å². The van der Waals surface area contributed by atoms with Crippen molar-refractivity contribution in [1.29, 1.82) is 0 Å². The van der Waals surface area contributed by atoms with Crippen LogP contribution in [0.15, 0.2) is 47.3 Å². The second-order valence-corrected chi connectivity index (χ2v) is 7.94. The van der Waals surface area contributed by atoms with E-state index in [0.29, 0.717) is 47.0 Å². The lowest BCUT2D eigenvalue weighted by Crippen LogP contribution is -2.38. The van der Waals surface area contributed by atoms with Crippen molar-refractivity contribution in [2.24, 2.45) is 0 Å². The first-order valence-corrected chi connectivity index (χ1v) is 10.9. The number of para-hydroxylation sites is 1. The molecule has 1 amide bonds. The molecule has 0 aliphatic carbocycles. The summed E-state index contributed by atoms with van der Waals surface area (Å²) in [7, 11) is 4.64. The van der Waals surface area contributed by atoms with Crippen molar-refractivity contribution in [3.05, 3.63) is 63.9 Å². The third-order valence-corrected chi connectivity index (χ3v) is 5.86. The van der Waals surface area contributed by atoms with Crippen LogP contribution in [-0.4, -0.2) is 56.4 Å². The van der Waals surface area contributed by atoms with Crippen LogP contribution in [0.4, 0.5) is 0 Å². The number of rotatable bonds is 8. The summed E-state index contributed by atoms with van der Waals surface area (Å²) in [6.45, 7) is 1.20. The highest BCUT2D eigenvalue weighted by Gasteiger charge is 2.26. The summed E-state index contributed by atoms with van der Waals surface area (Å²) < 4.78 is 21.9. The molecule has 0 saturated carbocycles. The van der Waals surface area contributed by atoms with Crippen LogP contribution < -0.4 is 19.8 Å². The summed E-state index contributed by atoms with van der Waals surface area (Å²) in [6, 6.07) is 12.4. The molecule has 3 aromatic rings. The molecule has 174 valence electrons. The van der Waals surface area contributed by atoms with Gasteiger partial charge in [-0.2, -0.15) is 0 Å². The van der Waals surface area contributed by atoms with Gasteiger partial charge in [-0.05, 0) is 37.1 Å². The van der Waals surface area contributed by atoms with E-state index in [0.717, 1.165) is 18.2 Å². The number of aromatic amines is 1. The molecule has 1 aliphatic rings. The van der Waals surface area contributed by atoms with Gasteiger partial charge in [-0.25, -0.2) is 0 Å². The maximum absolute atomic E-state index is 13.5. The lowest BCUT2D eigenvalue weighted by Gasteiger charge is -2.26. The van der Waals surface area contributed by atoms with E-state index in [1.54, 1.807) is 55.5 Å². The molecule has 1 atom stereocenters. The van der Waals surface area contributed by atoms with Crippen LogP contribution >= 0.6 is 0 Å². The molecule has 2 aromatic carbocycles. The minimum Gasteiger partial charge on any atom is -0.496 e. The number of nitrogens with zero attached hydrogens (tertiary/aromatic N) is 1. The Hall–Kier alpha value is -3.52. The number of ether oxygens (including phenoxy) is 4. The zero-order chi connectivity index (χ0) is 23.4. The fourth-order valence-corrected chi connectivity index (χ4v) is 4.15. The van der Waals surface area contributed by atoms with E-state index in [-0.39, 0.29) is 24.1 Å². The van der Waals surface area contributed by atoms with Crippen LogP contribution in [0.3, 0.4) is 0 Å². The van der Waals surface area contributed by atoms with E-state index in [1.165, 1.54) is 7.11 Å². The Morgan fingerprint density at radius 2 is 1.79 bits per heavy atom. The number of benzene rings is 2. The van der Waals surface area contributed by atoms with Crippen LogP contribution in [0.5, 0.6) is 17.2 Å². The molecule has 2 heterocycles. The van der Waals surface area contributed by atoms with Crippen molar-refractivity contribution in [2.45, 2.75) is 25.5 Å². The van der Waals surface area contributed by atoms with E-state index in [9.17, 15) is 9.59 Å². The molecule has 0 radical (unpaired) electrons. The van der Waals surface area contributed by atoms with Crippen molar-refractivity contribution >= 4 is 16.8 Å². The van der Waals surface area contributed by atoms with Gasteiger partial charge in [0.15, 0.2) is 11.5 Å². The first-order chi connectivity index (χ1) is 16.0. The number of H-pyrrole nitrogens is 1. The molecule has 1 aromatic heterocycles. The molecular weight excluding hydrogens is 424 g/mol. The smallest absolute Gasteiger partial charge is 0.258 e. The molecule has 8 heteroatoms. The summed E-state index contributed by atoms with van der Waals surface area (Å²) in [5.41, 5.74) is 1.28. The van der Waals surface area contributed by atoms with Gasteiger partial charge in [0.1, 0.15) is 5.75 Å². The van der Waals surface area contributed by atoms with Crippen LogP contribution in [0, 0.1) is 0 Å². The number of aromatic nitrogens is 1. The highest BCUT2D eigenvalue weighted by molar-refractivity contribution is 5.97. The zero-order valence-electron chi connectivity index (χ0n) is 19.1. The van der Waals surface area contributed by atoms with Gasteiger partial charge in [-0.3, -0.25) is 9.59 Å². The van der Waals surface area contributed by atoms with Crippen LogP contribution in [0.1, 0.15) is 28.8 Å². The highest BCUT2D eigenvalue weighted by Crippen LogP contribution is 2.31. The number of carbonyl (C=O) groups excluding carboxylic acids is 1. The molecule has 1 saturated heterocycles. The Balaban J connectivity index is 1.71. The summed E-state index contributed by atoms with van der Waals surface area (Å²) in [5, 5.41) is 0.782. The van der Waals surface area contributed by atoms with E-state index < -0.39 is 0 Å². The summed E-state index contributed by atoms with van der Waals surface area (Å²) in [5.74, 6) is 1.36. The maximum atomic E-state index is 13.5. The third-order valence-electron chi connectivity index (χ3n) is 5.86. The monoisotopic (exact) mass is 452 g/mol. The Morgan fingerprint density at radius 1 is 1.06 bits per heavy atom. The lowest BCUT2D eigenvalue weighted by atomic mass is 10.1. The van der Waals surface area contributed by atoms with Crippen LogP contribution in [-0.2, 0) is 11.3 Å².